The Labute approximate surface area is 156 Å². The normalized spacial score (nSPS) is 31.1. The molecule has 3 aliphatic rings. The molecular weight excluding hydrogens is 382 g/mol. The van der Waals surface area contributed by atoms with Gasteiger partial charge in [0.25, 0.3) is 5.91 Å². The fourth-order valence-corrected chi connectivity index (χ4v) is 4.05. The average Bonchev–Trinajstić information content (AvgIpc) is 2.84. The van der Waals surface area contributed by atoms with Crippen LogP contribution in [0, 0.1) is 0 Å². The highest BCUT2D eigenvalue weighted by molar-refractivity contribution is 7.80. The summed E-state index contributed by atoms with van der Waals surface area (Å²) in [6, 6.07) is -1.61. The van der Waals surface area contributed by atoms with E-state index in [4.69, 9.17) is 9.39 Å². The summed E-state index contributed by atoms with van der Waals surface area (Å²) in [6.45, 7) is 4.51. The molecule has 152 valence electrons. The number of nitrogens with zero attached hydrogens (tertiary/aromatic N) is 3. The lowest BCUT2D eigenvalue weighted by atomic mass is 9.95. The first kappa shape index (κ1) is 19.9. The first-order valence-corrected chi connectivity index (χ1v) is 10.0. The van der Waals surface area contributed by atoms with Gasteiger partial charge in [-0.3, -0.25) is 19.2 Å². The monoisotopic (exact) mass is 405 g/mol. The van der Waals surface area contributed by atoms with E-state index in [1.165, 1.54) is 0 Å². The van der Waals surface area contributed by atoms with Crippen molar-refractivity contribution in [1.82, 2.24) is 20.8 Å². The second-order valence-electron chi connectivity index (χ2n) is 6.83. The van der Waals surface area contributed by atoms with Crippen molar-refractivity contribution in [3.63, 3.8) is 0 Å². The van der Waals surface area contributed by atoms with E-state index < -0.39 is 34.0 Å². The van der Waals surface area contributed by atoms with E-state index in [9.17, 15) is 18.0 Å². The molecule has 12 nitrogen and oxygen atoms in total. The van der Waals surface area contributed by atoms with Crippen LogP contribution in [0.25, 0.3) is 0 Å². The Morgan fingerprint density at radius 1 is 1.44 bits per heavy atom. The third-order valence-corrected chi connectivity index (χ3v) is 5.39. The van der Waals surface area contributed by atoms with Crippen LogP contribution in [0.1, 0.15) is 32.1 Å². The third-order valence-electron chi connectivity index (χ3n) is 5.05. The first-order valence-electron chi connectivity index (χ1n) is 8.66. The number of aliphatic imine (C=N–C) groups is 1. The zero-order chi connectivity index (χ0) is 19.7. The van der Waals surface area contributed by atoms with Crippen LogP contribution in [-0.4, -0.2) is 79.0 Å². The molecule has 3 atom stereocenters. The summed E-state index contributed by atoms with van der Waals surface area (Å²) < 4.78 is 35.4. The number of nitrogens with one attached hydrogen (secondary N) is 2. The van der Waals surface area contributed by atoms with Gasteiger partial charge in [-0.15, -0.1) is 4.28 Å². The number of hydrogen-bond acceptors (Lipinski definition) is 8. The summed E-state index contributed by atoms with van der Waals surface area (Å²) in [5.74, 6) is -0.523. The third kappa shape index (κ3) is 4.21. The molecule has 13 heteroatoms. The summed E-state index contributed by atoms with van der Waals surface area (Å²) in [4.78, 5) is 35.1. The number of carbonyl (C=O) groups is 2. The van der Waals surface area contributed by atoms with Crippen molar-refractivity contribution < 1.29 is 31.7 Å². The van der Waals surface area contributed by atoms with Crippen LogP contribution in [-0.2, 0) is 24.3 Å². The number of fused-ring (bicyclic) bond motifs is 2. The molecule has 0 spiro atoms. The van der Waals surface area contributed by atoms with Crippen LogP contribution in [0.5, 0.6) is 0 Å². The average molecular weight is 405 g/mol. The van der Waals surface area contributed by atoms with E-state index in [-0.39, 0.29) is 25.4 Å². The predicted molar refractivity (Wildman–Crippen MR) is 91.6 cm³/mol. The van der Waals surface area contributed by atoms with Gasteiger partial charge in [-0.25, -0.2) is 10.3 Å². The maximum atomic E-state index is 12.5. The van der Waals surface area contributed by atoms with Crippen LogP contribution < -0.4 is 10.8 Å². The predicted octanol–water partition coefficient (Wildman–Crippen LogP) is -0.792. The number of hydrogen-bond donors (Lipinski definition) is 3. The van der Waals surface area contributed by atoms with E-state index in [1.807, 2.05) is 0 Å². The van der Waals surface area contributed by atoms with Gasteiger partial charge in [-0.1, -0.05) is 6.42 Å². The van der Waals surface area contributed by atoms with Gasteiger partial charge >= 0.3 is 16.4 Å². The summed E-state index contributed by atoms with van der Waals surface area (Å²) >= 11 is 0. The maximum Gasteiger partial charge on any atom is 0.418 e. The van der Waals surface area contributed by atoms with Gasteiger partial charge in [0, 0.05) is 6.04 Å². The van der Waals surface area contributed by atoms with Gasteiger partial charge in [0.2, 0.25) is 0 Å². The molecular formula is C14H23N5O7S. The lowest BCUT2D eigenvalue weighted by Crippen LogP contribution is -2.53. The number of urea groups is 1. The molecule has 3 heterocycles. The Bertz CT molecular complexity index is 711. The van der Waals surface area contributed by atoms with E-state index in [2.05, 4.69) is 26.8 Å². The van der Waals surface area contributed by atoms with Crippen molar-refractivity contribution in [2.45, 2.75) is 49.9 Å². The number of carbonyl (C=O) groups excluding carboxylic acids is 2. The summed E-state index contributed by atoms with van der Waals surface area (Å²) in [6.07, 6.45) is 3.51. The molecule has 0 aromatic heterocycles. The van der Waals surface area contributed by atoms with Crippen molar-refractivity contribution in [2.75, 3.05) is 19.7 Å². The van der Waals surface area contributed by atoms with E-state index in [0.29, 0.717) is 11.7 Å². The quantitative estimate of drug-likeness (QED) is 0.283. The molecule has 0 saturated carbocycles. The van der Waals surface area contributed by atoms with Gasteiger partial charge in [0.1, 0.15) is 6.04 Å². The number of amides is 3. The van der Waals surface area contributed by atoms with Gasteiger partial charge in [-0.2, -0.15) is 13.5 Å². The molecule has 0 aliphatic carbocycles. The second kappa shape index (κ2) is 7.67. The van der Waals surface area contributed by atoms with E-state index in [1.54, 1.807) is 0 Å². The Morgan fingerprint density at radius 2 is 2.22 bits per heavy atom. The van der Waals surface area contributed by atoms with Crippen molar-refractivity contribution >= 4 is 29.1 Å². The topological polar surface area (TPSA) is 150 Å². The molecule has 2 bridgehead atoms. The molecule has 1 unspecified atom stereocenters. The molecule has 3 N–H and O–H groups in total. The van der Waals surface area contributed by atoms with Gasteiger partial charge in [0.05, 0.1) is 13.2 Å². The van der Waals surface area contributed by atoms with Crippen molar-refractivity contribution in [3.05, 3.63) is 0 Å². The van der Waals surface area contributed by atoms with Gasteiger partial charge in [0.15, 0.2) is 5.66 Å². The molecule has 0 aromatic rings. The minimum absolute atomic E-state index is 0.0902. The molecule has 3 fully saturated rings. The molecule has 3 saturated heterocycles. The molecule has 3 rings (SSSR count). The van der Waals surface area contributed by atoms with Gasteiger partial charge < -0.3 is 10.2 Å². The van der Waals surface area contributed by atoms with Crippen LogP contribution in [0.2, 0.25) is 0 Å². The highest BCUT2D eigenvalue weighted by atomic mass is 32.3. The van der Waals surface area contributed by atoms with Crippen LogP contribution in [0.3, 0.4) is 0 Å². The largest absolute Gasteiger partial charge is 0.418 e. The summed E-state index contributed by atoms with van der Waals surface area (Å²) in [5.41, 5.74) is 0.972. The van der Waals surface area contributed by atoms with E-state index in [0.717, 1.165) is 30.7 Å². The summed E-state index contributed by atoms with van der Waals surface area (Å²) in [7, 11) is -4.93. The minimum Gasteiger partial charge on any atom is -0.312 e. The lowest BCUT2D eigenvalue weighted by molar-refractivity contribution is -0.140. The SMILES string of the molecule is C=N[C@@]12CC[C@@H](C(=O)NOCC3CCCCN3)N(C1)C(=O)N2OS(=O)(=O)O. The number of hydroxylamine groups is 3. The van der Waals surface area contributed by atoms with Crippen molar-refractivity contribution in [3.8, 4) is 0 Å². The zero-order valence-electron chi connectivity index (χ0n) is 14.7. The highest BCUT2D eigenvalue weighted by Crippen LogP contribution is 2.39. The Morgan fingerprint density at radius 3 is 2.85 bits per heavy atom. The van der Waals surface area contributed by atoms with E-state index >= 15 is 0 Å². The molecule has 3 aliphatic heterocycles. The lowest BCUT2D eigenvalue weighted by Gasteiger charge is -2.35. The fourth-order valence-electron chi connectivity index (χ4n) is 3.66. The van der Waals surface area contributed by atoms with Crippen LogP contribution in [0.15, 0.2) is 4.99 Å². The van der Waals surface area contributed by atoms with Crippen LogP contribution in [0.4, 0.5) is 4.79 Å². The Kier molecular flexibility index (Phi) is 5.67. The number of piperidine rings is 2. The molecule has 0 aromatic carbocycles. The standard InChI is InChI=1S/C14H23N5O7S/c1-15-14-6-5-11(12(20)17-25-8-10-4-2-3-7-16-10)18(9-14)13(21)19(14)26-27(22,23)24/h10-11,16H,1-9H2,(H,17,20)(H,22,23,24)/t10?,11-,14+/m0/s1. The zero-order valence-corrected chi connectivity index (χ0v) is 15.5. The first-order chi connectivity index (χ1) is 12.8. The molecule has 27 heavy (non-hydrogen) atoms. The summed E-state index contributed by atoms with van der Waals surface area (Å²) in [5, 5.41) is 3.74. The molecule has 0 radical (unpaired) electrons. The maximum absolute atomic E-state index is 12.5. The highest BCUT2D eigenvalue weighted by Gasteiger charge is 2.58. The van der Waals surface area contributed by atoms with Crippen molar-refractivity contribution in [2.24, 2.45) is 4.99 Å². The fraction of sp³-hybridized carbons (Fsp3) is 0.786. The van der Waals surface area contributed by atoms with Gasteiger partial charge in [-0.05, 0) is 38.9 Å². The Hall–Kier alpha value is -1.80. The minimum atomic E-state index is -4.93. The smallest absolute Gasteiger partial charge is 0.312 e. The Balaban J connectivity index is 1.61. The second-order valence-corrected chi connectivity index (χ2v) is 7.83. The molecule has 3 amide bonds. The van der Waals surface area contributed by atoms with Crippen molar-refractivity contribution in [1.29, 1.82) is 0 Å². The number of rotatable bonds is 7. The van der Waals surface area contributed by atoms with Crippen LogP contribution >= 0.6 is 0 Å².